The molecule has 2 aromatic rings. The first-order valence-corrected chi connectivity index (χ1v) is 7.05. The van der Waals surface area contributed by atoms with Gasteiger partial charge in [-0.2, -0.15) is 0 Å². The summed E-state index contributed by atoms with van der Waals surface area (Å²) in [6.45, 7) is 2.49. The first kappa shape index (κ1) is 14.9. The van der Waals surface area contributed by atoms with Crippen molar-refractivity contribution in [2.45, 2.75) is 18.7 Å². The van der Waals surface area contributed by atoms with Gasteiger partial charge in [-0.05, 0) is 31.0 Å². The minimum absolute atomic E-state index is 0.261. The normalized spacial score (nSPS) is 12.2. The fraction of sp³-hybridized carbons (Fsp3) is 0.286. The van der Waals surface area contributed by atoms with Crippen LogP contribution >= 0.6 is 23.2 Å². The van der Waals surface area contributed by atoms with Crippen molar-refractivity contribution in [3.8, 4) is 5.75 Å². The number of hydrogen-bond donors (Lipinski definition) is 2. The van der Waals surface area contributed by atoms with E-state index in [1.165, 1.54) is 6.33 Å². The number of benzene rings is 1. The molecule has 0 aliphatic carbocycles. The molecule has 0 amide bonds. The van der Waals surface area contributed by atoms with Crippen molar-refractivity contribution in [2.75, 3.05) is 11.9 Å². The fourth-order valence-corrected chi connectivity index (χ4v) is 2.32. The molecule has 0 spiro atoms. The highest BCUT2D eigenvalue weighted by Gasteiger charge is 2.12. The van der Waals surface area contributed by atoms with Crippen LogP contribution in [0, 0.1) is 0 Å². The second-order valence-electron chi connectivity index (χ2n) is 4.38. The summed E-state index contributed by atoms with van der Waals surface area (Å²) in [4.78, 5) is 8.19. The van der Waals surface area contributed by atoms with Gasteiger partial charge in [0.05, 0.1) is 11.1 Å². The molecule has 0 bridgehead atoms. The first-order chi connectivity index (χ1) is 9.58. The van der Waals surface area contributed by atoms with Gasteiger partial charge in [-0.1, -0.05) is 23.7 Å². The molecule has 2 N–H and O–H groups in total. The van der Waals surface area contributed by atoms with Crippen molar-refractivity contribution < 1.29 is 5.11 Å². The lowest BCUT2D eigenvalue weighted by molar-refractivity contribution is 0.475. The summed E-state index contributed by atoms with van der Waals surface area (Å²) in [5.41, 5.74) is 1.74. The molecule has 0 radical (unpaired) electrons. The molecule has 1 aromatic carbocycles. The zero-order valence-electron chi connectivity index (χ0n) is 11.0. The molecular weight excluding hydrogens is 297 g/mol. The summed E-state index contributed by atoms with van der Waals surface area (Å²) in [5, 5.41) is 12.6. The van der Waals surface area contributed by atoms with Crippen LogP contribution in [0.1, 0.15) is 23.6 Å². The average molecular weight is 312 g/mol. The second-order valence-corrected chi connectivity index (χ2v) is 5.41. The van der Waals surface area contributed by atoms with E-state index in [0.29, 0.717) is 23.1 Å². The molecule has 0 aliphatic heterocycles. The fourth-order valence-electron chi connectivity index (χ4n) is 1.77. The molecule has 2 rings (SSSR count). The number of halogens is 2. The topological polar surface area (TPSA) is 58.0 Å². The van der Waals surface area contributed by atoms with Crippen LogP contribution < -0.4 is 5.32 Å². The Bertz CT molecular complexity index is 573. The molecule has 0 fully saturated rings. The minimum Gasteiger partial charge on any atom is -0.508 e. The summed E-state index contributed by atoms with van der Waals surface area (Å²) in [6.07, 6.45) is 2.25. The highest BCUT2D eigenvalue weighted by molar-refractivity contribution is 6.34. The van der Waals surface area contributed by atoms with E-state index in [1.807, 2.05) is 19.1 Å². The number of nitrogens with zero attached hydrogens (tertiary/aromatic N) is 2. The quantitative estimate of drug-likeness (QED) is 0.825. The molecule has 0 aliphatic rings. The van der Waals surface area contributed by atoms with E-state index in [0.717, 1.165) is 12.0 Å². The second kappa shape index (κ2) is 6.77. The summed E-state index contributed by atoms with van der Waals surface area (Å²) >= 11 is 12.2. The van der Waals surface area contributed by atoms with Gasteiger partial charge in [0.15, 0.2) is 0 Å². The number of hydrogen-bond acceptors (Lipinski definition) is 4. The number of aromatic nitrogens is 2. The Hall–Kier alpha value is -1.52. The van der Waals surface area contributed by atoms with Crippen LogP contribution in [0.3, 0.4) is 0 Å². The average Bonchev–Trinajstić information content (AvgIpc) is 2.42. The van der Waals surface area contributed by atoms with Gasteiger partial charge < -0.3 is 10.4 Å². The Balaban J connectivity index is 1.97. The zero-order valence-corrected chi connectivity index (χ0v) is 12.5. The minimum atomic E-state index is -0.261. The molecule has 1 aromatic heterocycles. The Labute approximate surface area is 127 Å². The SMILES string of the molecule is CC(Cl)c1ncnc(NCCc2ccc(O)cc2)c1Cl. The third kappa shape index (κ3) is 3.74. The Kier molecular flexibility index (Phi) is 5.04. The maximum Gasteiger partial charge on any atom is 0.148 e. The summed E-state index contributed by atoms with van der Waals surface area (Å²) in [5.74, 6) is 0.851. The first-order valence-electron chi connectivity index (χ1n) is 6.24. The third-order valence-corrected chi connectivity index (χ3v) is 3.42. The van der Waals surface area contributed by atoms with E-state index in [9.17, 15) is 5.11 Å². The van der Waals surface area contributed by atoms with E-state index in [-0.39, 0.29) is 11.1 Å². The molecule has 20 heavy (non-hydrogen) atoms. The van der Waals surface area contributed by atoms with Crippen LogP contribution in [0.25, 0.3) is 0 Å². The van der Waals surface area contributed by atoms with E-state index < -0.39 is 0 Å². The summed E-state index contributed by atoms with van der Waals surface area (Å²) < 4.78 is 0. The number of phenolic OH excluding ortho intramolecular Hbond substituents is 1. The summed E-state index contributed by atoms with van der Waals surface area (Å²) in [7, 11) is 0. The highest BCUT2D eigenvalue weighted by Crippen LogP contribution is 2.29. The van der Waals surface area contributed by atoms with Gasteiger partial charge in [-0.15, -0.1) is 11.6 Å². The van der Waals surface area contributed by atoms with E-state index in [2.05, 4.69) is 15.3 Å². The Morgan fingerprint density at radius 3 is 2.60 bits per heavy atom. The molecule has 0 saturated carbocycles. The molecule has 1 atom stereocenters. The number of anilines is 1. The van der Waals surface area contributed by atoms with Crippen molar-refractivity contribution in [3.63, 3.8) is 0 Å². The van der Waals surface area contributed by atoms with Gasteiger partial charge >= 0.3 is 0 Å². The molecule has 1 unspecified atom stereocenters. The number of alkyl halides is 1. The Morgan fingerprint density at radius 2 is 1.95 bits per heavy atom. The predicted octanol–water partition coefficient (Wildman–Crippen LogP) is 3.79. The largest absolute Gasteiger partial charge is 0.508 e. The predicted molar refractivity (Wildman–Crippen MR) is 81.6 cm³/mol. The van der Waals surface area contributed by atoms with Crippen LogP contribution in [0.2, 0.25) is 5.02 Å². The van der Waals surface area contributed by atoms with Crippen LogP contribution in [0.15, 0.2) is 30.6 Å². The zero-order chi connectivity index (χ0) is 14.5. The van der Waals surface area contributed by atoms with Crippen LogP contribution in [0.5, 0.6) is 5.75 Å². The van der Waals surface area contributed by atoms with Crippen molar-refractivity contribution in [1.82, 2.24) is 9.97 Å². The van der Waals surface area contributed by atoms with Crippen LogP contribution in [-0.4, -0.2) is 21.6 Å². The lowest BCUT2D eigenvalue weighted by Crippen LogP contribution is -2.08. The smallest absolute Gasteiger partial charge is 0.148 e. The van der Waals surface area contributed by atoms with Gasteiger partial charge in [0.25, 0.3) is 0 Å². The monoisotopic (exact) mass is 311 g/mol. The molecule has 1 heterocycles. The molecule has 0 saturated heterocycles. The van der Waals surface area contributed by atoms with Crippen LogP contribution in [-0.2, 0) is 6.42 Å². The Morgan fingerprint density at radius 1 is 1.25 bits per heavy atom. The molecule has 4 nitrogen and oxygen atoms in total. The van der Waals surface area contributed by atoms with E-state index in [1.54, 1.807) is 12.1 Å². The number of rotatable bonds is 5. The van der Waals surface area contributed by atoms with Crippen molar-refractivity contribution in [2.24, 2.45) is 0 Å². The van der Waals surface area contributed by atoms with Gasteiger partial charge in [0.2, 0.25) is 0 Å². The van der Waals surface area contributed by atoms with Crippen LogP contribution in [0.4, 0.5) is 5.82 Å². The van der Waals surface area contributed by atoms with Gasteiger partial charge in [0.1, 0.15) is 22.9 Å². The summed E-state index contributed by atoms with van der Waals surface area (Å²) in [6, 6.07) is 7.09. The number of nitrogens with one attached hydrogen (secondary N) is 1. The molecule has 6 heteroatoms. The maximum atomic E-state index is 9.22. The standard InChI is InChI=1S/C14H15Cl2N3O/c1-9(15)13-12(16)14(19-8-18-13)17-7-6-10-2-4-11(20)5-3-10/h2-5,8-9,20H,6-7H2,1H3,(H,17,18,19). The lowest BCUT2D eigenvalue weighted by atomic mass is 10.1. The molecule has 106 valence electrons. The van der Waals surface area contributed by atoms with E-state index >= 15 is 0 Å². The van der Waals surface area contributed by atoms with Crippen molar-refractivity contribution >= 4 is 29.0 Å². The van der Waals surface area contributed by atoms with Crippen molar-refractivity contribution in [1.29, 1.82) is 0 Å². The highest BCUT2D eigenvalue weighted by atomic mass is 35.5. The van der Waals surface area contributed by atoms with Gasteiger partial charge in [-0.25, -0.2) is 9.97 Å². The van der Waals surface area contributed by atoms with Gasteiger partial charge in [0, 0.05) is 6.54 Å². The van der Waals surface area contributed by atoms with E-state index in [4.69, 9.17) is 23.2 Å². The maximum absolute atomic E-state index is 9.22. The molecular formula is C14H15Cl2N3O. The van der Waals surface area contributed by atoms with Crippen molar-refractivity contribution in [3.05, 3.63) is 46.9 Å². The number of aromatic hydroxyl groups is 1. The number of phenols is 1. The third-order valence-electron chi connectivity index (χ3n) is 2.84. The lowest BCUT2D eigenvalue weighted by Gasteiger charge is -2.11. The van der Waals surface area contributed by atoms with Gasteiger partial charge in [-0.3, -0.25) is 0 Å².